The third-order valence-electron chi connectivity index (χ3n) is 2.30. The van der Waals surface area contributed by atoms with E-state index < -0.39 is 0 Å². The van der Waals surface area contributed by atoms with Gasteiger partial charge in [0.1, 0.15) is 0 Å². The predicted molar refractivity (Wildman–Crippen MR) is 53.9 cm³/mol. The number of halogens is 1. The van der Waals surface area contributed by atoms with E-state index >= 15 is 0 Å². The summed E-state index contributed by atoms with van der Waals surface area (Å²) in [5, 5.41) is 5.65. The van der Waals surface area contributed by atoms with Gasteiger partial charge < -0.3 is 5.32 Å². The Hall–Kier alpha value is -0.0500. The molecule has 3 heteroatoms. The normalized spacial score (nSPS) is 24.2. The smallest absolute Gasteiger partial charge is 0.0931 e. The van der Waals surface area contributed by atoms with Crippen LogP contribution in [0.2, 0.25) is 4.34 Å². The van der Waals surface area contributed by atoms with Gasteiger partial charge in [0, 0.05) is 6.04 Å². The highest BCUT2D eigenvalue weighted by Gasteiger charge is 2.15. The van der Waals surface area contributed by atoms with E-state index in [4.69, 9.17) is 11.6 Å². The molecule has 1 aliphatic heterocycles. The number of rotatable bonds is 1. The molecule has 1 nitrogen and oxygen atoms in total. The molecule has 0 amide bonds. The Kier molecular flexibility index (Phi) is 2.69. The second kappa shape index (κ2) is 3.77. The monoisotopic (exact) mass is 201 g/mol. The summed E-state index contributed by atoms with van der Waals surface area (Å²) in [7, 11) is 0. The topological polar surface area (TPSA) is 12.0 Å². The Bertz CT molecular complexity index is 253. The zero-order valence-corrected chi connectivity index (χ0v) is 8.42. The molecule has 1 saturated heterocycles. The van der Waals surface area contributed by atoms with Crippen molar-refractivity contribution in [2.45, 2.75) is 25.3 Å². The first-order chi connectivity index (χ1) is 5.86. The van der Waals surface area contributed by atoms with Crippen LogP contribution in [0.3, 0.4) is 0 Å². The van der Waals surface area contributed by atoms with Crippen LogP contribution in [0, 0.1) is 0 Å². The van der Waals surface area contributed by atoms with Crippen molar-refractivity contribution in [1.82, 2.24) is 5.32 Å². The summed E-state index contributed by atoms with van der Waals surface area (Å²) >= 11 is 7.49. The molecule has 0 radical (unpaired) electrons. The Balaban J connectivity index is 2.08. The first-order valence-electron chi connectivity index (χ1n) is 4.33. The molecule has 0 bridgehead atoms. The highest BCUT2D eigenvalue weighted by molar-refractivity contribution is 7.14. The first kappa shape index (κ1) is 8.54. The van der Waals surface area contributed by atoms with Crippen molar-refractivity contribution in [2.24, 2.45) is 0 Å². The van der Waals surface area contributed by atoms with E-state index in [2.05, 4.69) is 16.8 Å². The van der Waals surface area contributed by atoms with Gasteiger partial charge in [-0.05, 0) is 36.4 Å². The van der Waals surface area contributed by atoms with Gasteiger partial charge in [-0.15, -0.1) is 11.3 Å². The van der Waals surface area contributed by atoms with Crippen molar-refractivity contribution in [2.75, 3.05) is 6.54 Å². The van der Waals surface area contributed by atoms with Gasteiger partial charge >= 0.3 is 0 Å². The fourth-order valence-electron chi connectivity index (χ4n) is 1.64. The number of thiophene rings is 1. The SMILES string of the molecule is Clc1cc(C2CCCCN2)cs1. The molecular formula is C9H12ClNS. The highest BCUT2D eigenvalue weighted by atomic mass is 35.5. The minimum absolute atomic E-state index is 0.558. The zero-order chi connectivity index (χ0) is 8.39. The Morgan fingerprint density at radius 3 is 3.00 bits per heavy atom. The quantitative estimate of drug-likeness (QED) is 0.736. The third kappa shape index (κ3) is 1.82. The Morgan fingerprint density at radius 2 is 2.42 bits per heavy atom. The predicted octanol–water partition coefficient (Wildman–Crippen LogP) is 3.22. The lowest BCUT2D eigenvalue weighted by Crippen LogP contribution is -2.26. The third-order valence-corrected chi connectivity index (χ3v) is 3.41. The van der Waals surface area contributed by atoms with Crippen molar-refractivity contribution in [3.63, 3.8) is 0 Å². The van der Waals surface area contributed by atoms with E-state index in [0.717, 1.165) is 10.9 Å². The van der Waals surface area contributed by atoms with Crippen LogP contribution < -0.4 is 5.32 Å². The summed E-state index contributed by atoms with van der Waals surface area (Å²) in [6.07, 6.45) is 3.91. The molecule has 66 valence electrons. The Morgan fingerprint density at radius 1 is 1.50 bits per heavy atom. The molecule has 1 unspecified atom stereocenters. The molecule has 1 aromatic heterocycles. The summed E-state index contributed by atoms with van der Waals surface area (Å²) in [5.41, 5.74) is 1.37. The van der Waals surface area contributed by atoms with Gasteiger partial charge in [0.05, 0.1) is 4.34 Å². The van der Waals surface area contributed by atoms with Crippen molar-refractivity contribution >= 4 is 22.9 Å². The van der Waals surface area contributed by atoms with Crippen LogP contribution in [-0.4, -0.2) is 6.54 Å². The molecule has 12 heavy (non-hydrogen) atoms. The number of nitrogens with one attached hydrogen (secondary N) is 1. The van der Waals surface area contributed by atoms with E-state index in [1.807, 2.05) is 0 Å². The lowest BCUT2D eigenvalue weighted by Gasteiger charge is -2.22. The van der Waals surface area contributed by atoms with Crippen molar-refractivity contribution in [1.29, 1.82) is 0 Å². The van der Waals surface area contributed by atoms with Gasteiger partial charge in [-0.1, -0.05) is 18.0 Å². The van der Waals surface area contributed by atoms with Gasteiger partial charge in [-0.2, -0.15) is 0 Å². The molecule has 1 atom stereocenters. The largest absolute Gasteiger partial charge is 0.310 e. The van der Waals surface area contributed by atoms with Crippen LogP contribution in [0.4, 0.5) is 0 Å². The minimum atomic E-state index is 0.558. The van der Waals surface area contributed by atoms with E-state index in [9.17, 15) is 0 Å². The van der Waals surface area contributed by atoms with Gasteiger partial charge in [0.25, 0.3) is 0 Å². The van der Waals surface area contributed by atoms with Gasteiger partial charge in [-0.3, -0.25) is 0 Å². The molecule has 2 heterocycles. The second-order valence-electron chi connectivity index (χ2n) is 3.19. The lowest BCUT2D eigenvalue weighted by atomic mass is 10.0. The number of piperidine rings is 1. The molecule has 1 N–H and O–H groups in total. The summed E-state index contributed by atoms with van der Waals surface area (Å²) in [6.45, 7) is 1.15. The fraction of sp³-hybridized carbons (Fsp3) is 0.556. The zero-order valence-electron chi connectivity index (χ0n) is 6.85. The van der Waals surface area contributed by atoms with Gasteiger partial charge in [-0.25, -0.2) is 0 Å². The highest BCUT2D eigenvalue weighted by Crippen LogP contribution is 2.29. The van der Waals surface area contributed by atoms with Crippen LogP contribution in [-0.2, 0) is 0 Å². The summed E-state index contributed by atoms with van der Waals surface area (Å²) < 4.78 is 0.900. The average Bonchev–Trinajstić information content (AvgIpc) is 2.54. The van der Waals surface area contributed by atoms with Crippen LogP contribution >= 0.6 is 22.9 Å². The van der Waals surface area contributed by atoms with Crippen LogP contribution in [0.15, 0.2) is 11.4 Å². The first-order valence-corrected chi connectivity index (χ1v) is 5.59. The molecule has 0 spiro atoms. The van der Waals surface area contributed by atoms with Crippen LogP contribution in [0.1, 0.15) is 30.9 Å². The molecule has 0 aliphatic carbocycles. The fourth-order valence-corrected chi connectivity index (χ4v) is 2.59. The van der Waals surface area contributed by atoms with Crippen LogP contribution in [0.5, 0.6) is 0 Å². The van der Waals surface area contributed by atoms with E-state index in [0.29, 0.717) is 6.04 Å². The van der Waals surface area contributed by atoms with Crippen molar-refractivity contribution in [3.8, 4) is 0 Å². The maximum Gasteiger partial charge on any atom is 0.0931 e. The van der Waals surface area contributed by atoms with Gasteiger partial charge in [0.2, 0.25) is 0 Å². The maximum atomic E-state index is 5.87. The number of hydrogen-bond acceptors (Lipinski definition) is 2. The molecule has 2 rings (SSSR count). The number of hydrogen-bond donors (Lipinski definition) is 1. The minimum Gasteiger partial charge on any atom is -0.310 e. The maximum absolute atomic E-state index is 5.87. The summed E-state index contributed by atoms with van der Waals surface area (Å²) in [5.74, 6) is 0. The Labute approximate surface area is 81.7 Å². The summed E-state index contributed by atoms with van der Waals surface area (Å²) in [6, 6.07) is 2.64. The molecule has 1 aromatic rings. The standard InChI is InChI=1S/C9H12ClNS/c10-9-5-7(6-12-9)8-3-1-2-4-11-8/h5-6,8,11H,1-4H2. The molecular weight excluding hydrogens is 190 g/mol. The molecule has 0 aromatic carbocycles. The van der Waals surface area contributed by atoms with Crippen molar-refractivity contribution < 1.29 is 0 Å². The molecule has 0 saturated carbocycles. The van der Waals surface area contributed by atoms with E-state index in [1.54, 1.807) is 11.3 Å². The van der Waals surface area contributed by atoms with Gasteiger partial charge in [0.15, 0.2) is 0 Å². The lowest BCUT2D eigenvalue weighted by molar-refractivity contribution is 0.413. The second-order valence-corrected chi connectivity index (χ2v) is 4.73. The van der Waals surface area contributed by atoms with Crippen molar-refractivity contribution in [3.05, 3.63) is 21.3 Å². The van der Waals surface area contributed by atoms with E-state index in [1.165, 1.54) is 24.8 Å². The average molecular weight is 202 g/mol. The molecule has 1 aliphatic rings. The molecule has 1 fully saturated rings. The van der Waals surface area contributed by atoms with Crippen LogP contribution in [0.25, 0.3) is 0 Å². The summed E-state index contributed by atoms with van der Waals surface area (Å²) in [4.78, 5) is 0. The van der Waals surface area contributed by atoms with E-state index in [-0.39, 0.29) is 0 Å².